The van der Waals surface area contributed by atoms with Crippen molar-refractivity contribution in [2.75, 3.05) is 11.9 Å². The first kappa shape index (κ1) is 14.5. The molecule has 18 heavy (non-hydrogen) atoms. The maximum atomic E-state index is 11.6. The molecule has 0 saturated carbocycles. The molecule has 1 atom stereocenters. The van der Waals surface area contributed by atoms with Crippen LogP contribution in [0.1, 0.15) is 38.7 Å². The van der Waals surface area contributed by atoms with Crippen LogP contribution in [0.15, 0.2) is 24.3 Å². The molecule has 0 aromatic heterocycles. The molecule has 0 aliphatic heterocycles. The molecule has 0 saturated heterocycles. The van der Waals surface area contributed by atoms with Crippen LogP contribution in [0, 0.1) is 0 Å². The Morgan fingerprint density at radius 2 is 2.06 bits per heavy atom. The van der Waals surface area contributed by atoms with Crippen LogP contribution in [0.3, 0.4) is 0 Å². The van der Waals surface area contributed by atoms with Crippen LogP contribution in [-0.4, -0.2) is 23.8 Å². The van der Waals surface area contributed by atoms with Crippen LogP contribution in [0.4, 0.5) is 10.5 Å². The highest BCUT2D eigenvalue weighted by Gasteiger charge is 2.04. The van der Waals surface area contributed by atoms with Crippen molar-refractivity contribution in [3.8, 4) is 0 Å². The molecule has 2 amide bonds. The van der Waals surface area contributed by atoms with E-state index < -0.39 is 6.10 Å². The van der Waals surface area contributed by atoms with Gasteiger partial charge in [-0.25, -0.2) is 4.79 Å². The van der Waals surface area contributed by atoms with E-state index in [1.165, 1.54) is 5.56 Å². The summed E-state index contributed by atoms with van der Waals surface area (Å²) < 4.78 is 0. The maximum Gasteiger partial charge on any atom is 0.319 e. The van der Waals surface area contributed by atoms with Crippen molar-refractivity contribution >= 4 is 11.7 Å². The molecule has 0 bridgehead atoms. The van der Waals surface area contributed by atoms with Crippen molar-refractivity contribution in [3.63, 3.8) is 0 Å². The van der Waals surface area contributed by atoms with Gasteiger partial charge in [0.1, 0.15) is 0 Å². The highest BCUT2D eigenvalue weighted by atomic mass is 16.3. The largest absolute Gasteiger partial charge is 0.393 e. The third kappa shape index (κ3) is 5.19. The standard InChI is InChI=1S/C14H22N2O2/c1-10(2)12-5-4-6-13(9-12)16-14(18)15-8-7-11(3)17/h4-6,9-11,17H,7-8H2,1-3H3,(H2,15,16,18). The molecule has 0 fully saturated rings. The van der Waals surface area contributed by atoms with Gasteiger partial charge in [-0.15, -0.1) is 0 Å². The first-order valence-electron chi connectivity index (χ1n) is 6.32. The molecule has 0 heterocycles. The molecule has 0 spiro atoms. The quantitative estimate of drug-likeness (QED) is 0.752. The van der Waals surface area contributed by atoms with Crippen molar-refractivity contribution in [2.45, 2.75) is 39.2 Å². The summed E-state index contributed by atoms with van der Waals surface area (Å²) >= 11 is 0. The Balaban J connectivity index is 2.46. The van der Waals surface area contributed by atoms with E-state index in [9.17, 15) is 4.79 Å². The van der Waals surface area contributed by atoms with E-state index in [0.717, 1.165) is 5.69 Å². The number of aliphatic hydroxyl groups is 1. The molecule has 1 rings (SSSR count). The van der Waals surface area contributed by atoms with Crippen LogP contribution in [-0.2, 0) is 0 Å². The van der Waals surface area contributed by atoms with Crippen LogP contribution in [0.2, 0.25) is 0 Å². The summed E-state index contributed by atoms with van der Waals surface area (Å²) in [6.07, 6.45) is 0.161. The number of hydrogen-bond acceptors (Lipinski definition) is 2. The topological polar surface area (TPSA) is 61.4 Å². The molecule has 1 aromatic carbocycles. The van der Waals surface area contributed by atoms with E-state index in [0.29, 0.717) is 18.9 Å². The van der Waals surface area contributed by atoms with Gasteiger partial charge in [-0.05, 0) is 37.0 Å². The lowest BCUT2D eigenvalue weighted by molar-refractivity contribution is 0.184. The average Bonchev–Trinajstić information content (AvgIpc) is 2.28. The fraction of sp³-hybridized carbons (Fsp3) is 0.500. The summed E-state index contributed by atoms with van der Waals surface area (Å²) in [5, 5.41) is 14.6. The predicted molar refractivity (Wildman–Crippen MR) is 73.9 cm³/mol. The lowest BCUT2D eigenvalue weighted by Gasteiger charge is -2.11. The van der Waals surface area contributed by atoms with Gasteiger partial charge in [-0.2, -0.15) is 0 Å². The Hall–Kier alpha value is -1.55. The number of hydrogen-bond donors (Lipinski definition) is 3. The second kappa shape index (κ2) is 7.01. The molecule has 4 nitrogen and oxygen atoms in total. The minimum atomic E-state index is -0.394. The Morgan fingerprint density at radius 1 is 1.33 bits per heavy atom. The Morgan fingerprint density at radius 3 is 2.67 bits per heavy atom. The monoisotopic (exact) mass is 250 g/mol. The van der Waals surface area contributed by atoms with E-state index in [1.807, 2.05) is 24.3 Å². The highest BCUT2D eigenvalue weighted by Crippen LogP contribution is 2.18. The van der Waals surface area contributed by atoms with Gasteiger partial charge in [0, 0.05) is 12.2 Å². The van der Waals surface area contributed by atoms with Crippen molar-refractivity contribution in [3.05, 3.63) is 29.8 Å². The van der Waals surface area contributed by atoms with Gasteiger partial charge >= 0.3 is 6.03 Å². The van der Waals surface area contributed by atoms with Gasteiger partial charge in [0.15, 0.2) is 0 Å². The molecule has 4 heteroatoms. The smallest absolute Gasteiger partial charge is 0.319 e. The van der Waals surface area contributed by atoms with E-state index >= 15 is 0 Å². The van der Waals surface area contributed by atoms with Crippen molar-refractivity contribution in [1.82, 2.24) is 5.32 Å². The summed E-state index contributed by atoms with van der Waals surface area (Å²) in [4.78, 5) is 11.6. The number of rotatable bonds is 5. The number of anilines is 1. The summed E-state index contributed by atoms with van der Waals surface area (Å²) in [6.45, 7) is 6.39. The number of urea groups is 1. The third-order valence-corrected chi connectivity index (χ3v) is 2.66. The van der Waals surface area contributed by atoms with E-state index in [4.69, 9.17) is 5.11 Å². The van der Waals surface area contributed by atoms with Crippen LogP contribution in [0.5, 0.6) is 0 Å². The number of aliphatic hydroxyl groups excluding tert-OH is 1. The molecular formula is C14H22N2O2. The third-order valence-electron chi connectivity index (χ3n) is 2.66. The second-order valence-electron chi connectivity index (χ2n) is 4.80. The summed E-state index contributed by atoms with van der Waals surface area (Å²) in [6, 6.07) is 7.57. The minimum Gasteiger partial charge on any atom is -0.393 e. The number of amides is 2. The summed E-state index contributed by atoms with van der Waals surface area (Å²) in [7, 11) is 0. The number of benzene rings is 1. The van der Waals surface area contributed by atoms with E-state index in [1.54, 1.807) is 6.92 Å². The van der Waals surface area contributed by atoms with Gasteiger partial charge in [0.05, 0.1) is 6.10 Å². The Bertz CT molecular complexity index is 389. The van der Waals surface area contributed by atoms with Crippen LogP contribution in [0.25, 0.3) is 0 Å². The SMILES string of the molecule is CC(O)CCNC(=O)Nc1cccc(C(C)C)c1. The van der Waals surface area contributed by atoms with E-state index in [-0.39, 0.29) is 6.03 Å². The van der Waals surface area contributed by atoms with Gasteiger partial charge in [-0.3, -0.25) is 0 Å². The molecule has 3 N–H and O–H groups in total. The Kier molecular flexibility index (Phi) is 5.65. The molecule has 1 unspecified atom stereocenters. The second-order valence-corrected chi connectivity index (χ2v) is 4.80. The fourth-order valence-electron chi connectivity index (χ4n) is 1.55. The minimum absolute atomic E-state index is 0.239. The van der Waals surface area contributed by atoms with Gasteiger partial charge in [-0.1, -0.05) is 26.0 Å². The summed E-state index contributed by atoms with van der Waals surface area (Å²) in [5.74, 6) is 0.435. The Labute approximate surface area is 108 Å². The zero-order valence-corrected chi connectivity index (χ0v) is 11.2. The molecule has 1 aromatic rings. The normalized spacial score (nSPS) is 12.3. The van der Waals surface area contributed by atoms with Gasteiger partial charge in [0.2, 0.25) is 0 Å². The molecule has 0 aliphatic carbocycles. The molecule has 0 aliphatic rings. The van der Waals surface area contributed by atoms with Gasteiger partial charge in [0.25, 0.3) is 0 Å². The lowest BCUT2D eigenvalue weighted by atomic mass is 10.0. The van der Waals surface area contributed by atoms with Crippen molar-refractivity contribution in [2.24, 2.45) is 0 Å². The van der Waals surface area contributed by atoms with Crippen LogP contribution < -0.4 is 10.6 Å². The molecule has 100 valence electrons. The first-order valence-corrected chi connectivity index (χ1v) is 6.32. The van der Waals surface area contributed by atoms with Gasteiger partial charge < -0.3 is 15.7 Å². The molecule has 0 radical (unpaired) electrons. The highest BCUT2D eigenvalue weighted by molar-refractivity contribution is 5.89. The fourth-order valence-corrected chi connectivity index (χ4v) is 1.55. The zero-order valence-electron chi connectivity index (χ0n) is 11.2. The zero-order chi connectivity index (χ0) is 13.5. The van der Waals surface area contributed by atoms with Crippen molar-refractivity contribution in [1.29, 1.82) is 0 Å². The first-order chi connectivity index (χ1) is 8.49. The number of nitrogens with one attached hydrogen (secondary N) is 2. The predicted octanol–water partition coefficient (Wildman–Crippen LogP) is 2.70. The average molecular weight is 250 g/mol. The van der Waals surface area contributed by atoms with E-state index in [2.05, 4.69) is 24.5 Å². The number of carbonyl (C=O) groups excluding carboxylic acids is 1. The molecular weight excluding hydrogens is 228 g/mol. The lowest BCUT2D eigenvalue weighted by Crippen LogP contribution is -2.30. The number of carbonyl (C=O) groups is 1. The maximum absolute atomic E-state index is 11.6. The van der Waals surface area contributed by atoms with Crippen molar-refractivity contribution < 1.29 is 9.90 Å². The summed E-state index contributed by atoms with van der Waals surface area (Å²) in [5.41, 5.74) is 1.98. The van der Waals surface area contributed by atoms with Crippen LogP contribution >= 0.6 is 0 Å².